The first-order valence-corrected chi connectivity index (χ1v) is 7.87. The molecule has 0 atom stereocenters. The second-order valence-electron chi connectivity index (χ2n) is 5.64. The first kappa shape index (κ1) is 16.5. The number of rotatable bonds is 4. The Kier molecular flexibility index (Phi) is 4.34. The summed E-state index contributed by atoms with van der Waals surface area (Å²) in [6.07, 6.45) is 1.82. The number of aromatic nitrogens is 3. The van der Waals surface area contributed by atoms with Gasteiger partial charge in [-0.25, -0.2) is 4.79 Å². The molecule has 2 heterocycles. The zero-order valence-electron chi connectivity index (χ0n) is 13.7. The minimum atomic E-state index is -0.348. The minimum absolute atomic E-state index is 0.311. The maximum atomic E-state index is 12.7. The summed E-state index contributed by atoms with van der Waals surface area (Å²) in [6, 6.07) is 7.29. The van der Waals surface area contributed by atoms with Crippen molar-refractivity contribution in [2.45, 2.75) is 6.54 Å². The second kappa shape index (κ2) is 6.30. The van der Waals surface area contributed by atoms with Gasteiger partial charge in [0, 0.05) is 39.0 Å². The number of halogens is 1. The highest BCUT2D eigenvalue weighted by atomic mass is 35.5. The number of nitrogens with zero attached hydrogens (tertiary/aromatic N) is 3. The predicted octanol–water partition coefficient (Wildman–Crippen LogP) is 2.01. The first-order chi connectivity index (χ1) is 11.5. The number of hydrogen-bond acceptors (Lipinski definition) is 3. The predicted molar refractivity (Wildman–Crippen MR) is 94.7 cm³/mol. The molecule has 126 valence electrons. The smallest absolute Gasteiger partial charge is 0.330 e. The van der Waals surface area contributed by atoms with Gasteiger partial charge in [0.1, 0.15) is 0 Å². The number of hydrogen-bond donors (Lipinski definition) is 0. The molecule has 0 amide bonds. The molecule has 0 radical (unpaired) electrons. The lowest BCUT2D eigenvalue weighted by Gasteiger charge is -2.09. The Morgan fingerprint density at radius 1 is 1.08 bits per heavy atom. The molecular weight excluding hydrogens is 330 g/mol. The molecule has 0 aliphatic carbocycles. The Labute approximate surface area is 143 Å². The lowest BCUT2D eigenvalue weighted by atomic mass is 10.1. The van der Waals surface area contributed by atoms with Crippen molar-refractivity contribution in [2.75, 3.05) is 13.7 Å². The highest BCUT2D eigenvalue weighted by Crippen LogP contribution is 2.28. The molecule has 0 N–H and O–H groups in total. The Morgan fingerprint density at radius 3 is 2.38 bits per heavy atom. The molecule has 0 bridgehead atoms. The Hall–Kier alpha value is -2.31. The summed E-state index contributed by atoms with van der Waals surface area (Å²) in [5.74, 6) is 0. The van der Waals surface area contributed by atoms with E-state index in [4.69, 9.17) is 16.3 Å². The van der Waals surface area contributed by atoms with E-state index in [0.717, 1.165) is 15.8 Å². The normalized spacial score (nSPS) is 11.3. The van der Waals surface area contributed by atoms with Gasteiger partial charge in [-0.05, 0) is 17.7 Å². The van der Waals surface area contributed by atoms with Crippen LogP contribution in [0.4, 0.5) is 0 Å². The quantitative estimate of drug-likeness (QED) is 0.725. The van der Waals surface area contributed by atoms with Crippen molar-refractivity contribution in [3.05, 3.63) is 56.3 Å². The monoisotopic (exact) mass is 347 g/mol. The fourth-order valence-electron chi connectivity index (χ4n) is 2.87. The Bertz CT molecular complexity index is 1010. The topological polar surface area (TPSA) is 58.2 Å². The molecule has 1 aromatic carbocycles. The van der Waals surface area contributed by atoms with Gasteiger partial charge >= 0.3 is 5.69 Å². The van der Waals surface area contributed by atoms with Crippen molar-refractivity contribution in [2.24, 2.45) is 14.1 Å². The third-order valence-corrected chi connectivity index (χ3v) is 4.42. The fourth-order valence-corrected chi connectivity index (χ4v) is 3.00. The lowest BCUT2D eigenvalue weighted by molar-refractivity contribution is 0.188. The summed E-state index contributed by atoms with van der Waals surface area (Å²) in [7, 11) is 4.78. The van der Waals surface area contributed by atoms with Gasteiger partial charge in [0.25, 0.3) is 5.56 Å². The van der Waals surface area contributed by atoms with Gasteiger partial charge in [-0.3, -0.25) is 13.9 Å². The number of benzene rings is 1. The second-order valence-corrected chi connectivity index (χ2v) is 6.07. The zero-order valence-corrected chi connectivity index (χ0v) is 14.5. The van der Waals surface area contributed by atoms with Gasteiger partial charge in [-0.15, -0.1) is 0 Å². The first-order valence-electron chi connectivity index (χ1n) is 7.49. The minimum Gasteiger partial charge on any atom is -0.383 e. The van der Waals surface area contributed by atoms with Gasteiger partial charge in [-0.2, -0.15) is 0 Å². The van der Waals surface area contributed by atoms with Crippen LogP contribution < -0.4 is 11.2 Å². The van der Waals surface area contributed by atoms with Crippen LogP contribution in [0.1, 0.15) is 0 Å². The van der Waals surface area contributed by atoms with Crippen molar-refractivity contribution in [3.63, 3.8) is 0 Å². The zero-order chi connectivity index (χ0) is 17.4. The molecule has 24 heavy (non-hydrogen) atoms. The van der Waals surface area contributed by atoms with Crippen molar-refractivity contribution in [1.82, 2.24) is 13.7 Å². The number of methoxy groups -OCH3 is 1. The maximum absolute atomic E-state index is 12.7. The Balaban J connectivity index is 2.41. The number of aryl methyl sites for hydroxylation is 1. The summed E-state index contributed by atoms with van der Waals surface area (Å²) < 4.78 is 9.72. The molecule has 0 aliphatic rings. The van der Waals surface area contributed by atoms with Crippen LogP contribution in [0.5, 0.6) is 0 Å². The molecule has 0 fully saturated rings. The molecular formula is C17H18ClN3O3. The van der Waals surface area contributed by atoms with E-state index in [2.05, 4.69) is 0 Å². The largest absolute Gasteiger partial charge is 0.383 e. The van der Waals surface area contributed by atoms with E-state index in [9.17, 15) is 9.59 Å². The van der Waals surface area contributed by atoms with Crippen molar-refractivity contribution in [3.8, 4) is 11.3 Å². The molecule has 0 saturated carbocycles. The molecule has 3 aromatic rings. The van der Waals surface area contributed by atoms with E-state index in [1.54, 1.807) is 26.3 Å². The summed E-state index contributed by atoms with van der Waals surface area (Å²) >= 11 is 5.98. The summed E-state index contributed by atoms with van der Waals surface area (Å²) in [6.45, 7) is 1.07. The molecule has 2 aromatic heterocycles. The Morgan fingerprint density at radius 2 is 1.75 bits per heavy atom. The summed E-state index contributed by atoms with van der Waals surface area (Å²) in [5, 5.41) is 1.14. The van der Waals surface area contributed by atoms with Crippen LogP contribution in [-0.4, -0.2) is 27.4 Å². The van der Waals surface area contributed by atoms with Crippen LogP contribution >= 0.6 is 11.6 Å². The van der Waals surface area contributed by atoms with Crippen LogP contribution in [0.3, 0.4) is 0 Å². The van der Waals surface area contributed by atoms with E-state index in [0.29, 0.717) is 29.1 Å². The van der Waals surface area contributed by atoms with Crippen LogP contribution in [0, 0.1) is 0 Å². The number of ether oxygens (including phenoxy) is 1. The van der Waals surface area contributed by atoms with Crippen molar-refractivity contribution < 1.29 is 4.74 Å². The third-order valence-electron chi connectivity index (χ3n) is 4.17. The van der Waals surface area contributed by atoms with E-state index in [-0.39, 0.29) is 11.2 Å². The molecule has 0 saturated heterocycles. The average Bonchev–Trinajstić information content (AvgIpc) is 2.96. The van der Waals surface area contributed by atoms with Gasteiger partial charge in [-0.1, -0.05) is 23.7 Å². The highest BCUT2D eigenvalue weighted by molar-refractivity contribution is 6.30. The lowest BCUT2D eigenvalue weighted by Crippen LogP contribution is -2.36. The van der Waals surface area contributed by atoms with Crippen LogP contribution in [0.15, 0.2) is 40.1 Å². The van der Waals surface area contributed by atoms with Crippen LogP contribution in [0.2, 0.25) is 5.02 Å². The highest BCUT2D eigenvalue weighted by Gasteiger charge is 2.19. The summed E-state index contributed by atoms with van der Waals surface area (Å²) in [5.41, 5.74) is 1.56. The third kappa shape index (κ3) is 2.57. The summed E-state index contributed by atoms with van der Waals surface area (Å²) in [4.78, 5) is 24.9. The molecule has 7 heteroatoms. The average molecular weight is 348 g/mol. The van der Waals surface area contributed by atoms with Gasteiger partial charge < -0.3 is 9.30 Å². The number of fused-ring (bicyclic) bond motifs is 1. The molecule has 0 unspecified atom stereocenters. The SMILES string of the molecule is COCCn1cc2c(c1-c1ccc(Cl)cc1)c(=O)n(C)c(=O)n2C. The van der Waals surface area contributed by atoms with Gasteiger partial charge in [0.05, 0.1) is 23.2 Å². The van der Waals surface area contributed by atoms with Crippen LogP contribution in [0.25, 0.3) is 22.2 Å². The van der Waals surface area contributed by atoms with E-state index >= 15 is 0 Å². The van der Waals surface area contributed by atoms with E-state index < -0.39 is 0 Å². The molecule has 6 nitrogen and oxygen atoms in total. The van der Waals surface area contributed by atoms with Crippen LogP contribution in [-0.2, 0) is 25.4 Å². The standard InChI is InChI=1S/C17H18ClN3O3/c1-19-13-10-21(8-9-24-3)15(11-4-6-12(18)7-5-11)14(13)16(22)20(2)17(19)23/h4-7,10H,8-9H2,1-3H3. The van der Waals surface area contributed by atoms with E-state index in [1.807, 2.05) is 22.9 Å². The van der Waals surface area contributed by atoms with Crippen molar-refractivity contribution >= 4 is 22.5 Å². The van der Waals surface area contributed by atoms with Crippen molar-refractivity contribution in [1.29, 1.82) is 0 Å². The maximum Gasteiger partial charge on any atom is 0.330 e. The molecule has 0 aliphatic heterocycles. The van der Waals surface area contributed by atoms with E-state index in [1.165, 1.54) is 11.6 Å². The fraction of sp³-hybridized carbons (Fsp3) is 0.294. The van der Waals surface area contributed by atoms with Gasteiger partial charge in [0.2, 0.25) is 0 Å². The molecule has 3 rings (SSSR count). The molecule has 0 spiro atoms. The van der Waals surface area contributed by atoms with Gasteiger partial charge in [0.15, 0.2) is 0 Å².